The normalized spacial score (nSPS) is 16.7. The summed E-state index contributed by atoms with van der Waals surface area (Å²) in [4.78, 5) is 12.5. The molecule has 0 aliphatic heterocycles. The lowest BCUT2D eigenvalue weighted by molar-refractivity contribution is -0.0501. The van der Waals surface area contributed by atoms with Crippen molar-refractivity contribution in [3.05, 3.63) is 65.2 Å². The fraction of sp³-hybridized carbons (Fsp3) is 0.278. The van der Waals surface area contributed by atoms with E-state index < -0.39 is 12.5 Å². The molecule has 0 spiro atoms. The molecule has 1 aliphatic rings. The quantitative estimate of drug-likeness (QED) is 0.922. The second-order valence-corrected chi connectivity index (χ2v) is 5.49. The molecule has 0 unspecified atom stereocenters. The number of hydrogen-bond acceptors (Lipinski definition) is 2. The first-order valence-corrected chi connectivity index (χ1v) is 7.57. The third-order valence-corrected chi connectivity index (χ3v) is 4.02. The summed E-state index contributed by atoms with van der Waals surface area (Å²) in [6.07, 6.45) is 2.81. The Balaban J connectivity index is 1.81. The number of ether oxygens (including phenoxy) is 1. The zero-order valence-corrected chi connectivity index (χ0v) is 12.5. The van der Waals surface area contributed by atoms with Crippen LogP contribution in [-0.4, -0.2) is 12.5 Å². The molecule has 1 atom stereocenters. The van der Waals surface area contributed by atoms with Crippen LogP contribution in [0.5, 0.6) is 5.75 Å². The monoisotopic (exact) mass is 317 g/mol. The highest BCUT2D eigenvalue weighted by Crippen LogP contribution is 2.30. The van der Waals surface area contributed by atoms with Gasteiger partial charge in [-0.05, 0) is 42.5 Å². The van der Waals surface area contributed by atoms with Crippen molar-refractivity contribution in [1.82, 2.24) is 5.32 Å². The maximum atomic E-state index is 12.5. The summed E-state index contributed by atoms with van der Waals surface area (Å²) in [6.45, 7) is -2.96. The molecule has 2 aromatic carbocycles. The van der Waals surface area contributed by atoms with Crippen molar-refractivity contribution in [3.63, 3.8) is 0 Å². The van der Waals surface area contributed by atoms with E-state index in [1.807, 2.05) is 18.2 Å². The molecular weight excluding hydrogens is 300 g/mol. The molecule has 5 heteroatoms. The van der Waals surface area contributed by atoms with Crippen LogP contribution in [0.15, 0.2) is 48.5 Å². The van der Waals surface area contributed by atoms with Gasteiger partial charge in [0, 0.05) is 0 Å². The SMILES string of the molecule is O=C(N[C@H]1CCCc2ccccc21)c1ccccc1OC(F)F. The zero-order valence-electron chi connectivity index (χ0n) is 12.5. The fourth-order valence-corrected chi connectivity index (χ4v) is 2.99. The van der Waals surface area contributed by atoms with E-state index in [1.165, 1.54) is 17.7 Å². The molecular formula is C18H17F2NO2. The number of nitrogens with one attached hydrogen (secondary N) is 1. The molecule has 0 fully saturated rings. The number of amides is 1. The van der Waals surface area contributed by atoms with Crippen molar-refractivity contribution < 1.29 is 18.3 Å². The predicted molar refractivity (Wildman–Crippen MR) is 82.7 cm³/mol. The molecule has 0 heterocycles. The van der Waals surface area contributed by atoms with Crippen LogP contribution in [0.1, 0.15) is 40.4 Å². The summed E-state index contributed by atoms with van der Waals surface area (Å²) in [5, 5.41) is 2.94. The molecule has 1 aliphatic carbocycles. The Kier molecular flexibility index (Phi) is 4.55. The number of carbonyl (C=O) groups excluding carboxylic acids is 1. The molecule has 120 valence electrons. The second-order valence-electron chi connectivity index (χ2n) is 5.49. The standard InChI is InChI=1S/C18H17F2NO2/c19-18(20)23-16-11-4-3-9-14(16)17(22)21-15-10-5-7-12-6-1-2-8-13(12)15/h1-4,6,8-9,11,15,18H,5,7,10H2,(H,21,22)/t15-/m0/s1. The van der Waals surface area contributed by atoms with Gasteiger partial charge in [-0.1, -0.05) is 36.4 Å². The van der Waals surface area contributed by atoms with Gasteiger partial charge < -0.3 is 10.1 Å². The lowest BCUT2D eigenvalue weighted by atomic mass is 9.87. The number of benzene rings is 2. The average molecular weight is 317 g/mol. The summed E-state index contributed by atoms with van der Waals surface area (Å²) in [5.41, 5.74) is 2.44. The number of halogens is 2. The van der Waals surface area contributed by atoms with E-state index in [0.29, 0.717) is 0 Å². The molecule has 0 bridgehead atoms. The van der Waals surface area contributed by atoms with Gasteiger partial charge in [0.1, 0.15) is 5.75 Å². The smallest absolute Gasteiger partial charge is 0.387 e. The first kappa shape index (κ1) is 15.5. The second kappa shape index (κ2) is 6.77. The lowest BCUT2D eigenvalue weighted by Crippen LogP contribution is -2.31. The first-order chi connectivity index (χ1) is 11.1. The van der Waals surface area contributed by atoms with E-state index in [2.05, 4.69) is 16.1 Å². The van der Waals surface area contributed by atoms with Gasteiger partial charge in [-0.3, -0.25) is 4.79 Å². The maximum absolute atomic E-state index is 12.5. The van der Waals surface area contributed by atoms with Gasteiger partial charge in [-0.25, -0.2) is 0 Å². The van der Waals surface area contributed by atoms with E-state index in [1.54, 1.807) is 12.1 Å². The van der Waals surface area contributed by atoms with Crippen molar-refractivity contribution >= 4 is 5.91 Å². The summed E-state index contributed by atoms with van der Waals surface area (Å²) in [6, 6.07) is 13.9. The molecule has 0 aromatic heterocycles. The van der Waals surface area contributed by atoms with Crippen LogP contribution in [0.2, 0.25) is 0 Å². The number of aryl methyl sites for hydroxylation is 1. The van der Waals surface area contributed by atoms with Crippen LogP contribution in [0, 0.1) is 0 Å². The van der Waals surface area contributed by atoms with Gasteiger partial charge in [0.25, 0.3) is 5.91 Å². The zero-order chi connectivity index (χ0) is 16.2. The first-order valence-electron chi connectivity index (χ1n) is 7.57. The Bertz CT molecular complexity index is 703. The Hall–Kier alpha value is -2.43. The van der Waals surface area contributed by atoms with E-state index in [4.69, 9.17) is 0 Å². The number of para-hydroxylation sites is 1. The van der Waals surface area contributed by atoms with Crippen molar-refractivity contribution in [2.45, 2.75) is 31.9 Å². The average Bonchev–Trinajstić information content (AvgIpc) is 2.55. The van der Waals surface area contributed by atoms with Crippen LogP contribution >= 0.6 is 0 Å². The van der Waals surface area contributed by atoms with Crippen LogP contribution in [-0.2, 0) is 6.42 Å². The van der Waals surface area contributed by atoms with Crippen molar-refractivity contribution in [3.8, 4) is 5.75 Å². The number of rotatable bonds is 4. The molecule has 0 saturated heterocycles. The Morgan fingerprint density at radius 2 is 1.87 bits per heavy atom. The van der Waals surface area contributed by atoms with Gasteiger partial charge >= 0.3 is 6.61 Å². The topological polar surface area (TPSA) is 38.3 Å². The number of hydrogen-bond donors (Lipinski definition) is 1. The Morgan fingerprint density at radius 1 is 1.13 bits per heavy atom. The molecule has 0 saturated carbocycles. The minimum Gasteiger partial charge on any atom is -0.434 e. The highest BCUT2D eigenvalue weighted by atomic mass is 19.3. The summed E-state index contributed by atoms with van der Waals surface area (Å²) in [5.74, 6) is -0.507. The van der Waals surface area contributed by atoms with Crippen molar-refractivity contribution in [1.29, 1.82) is 0 Å². The molecule has 0 radical (unpaired) electrons. The number of fused-ring (bicyclic) bond motifs is 1. The summed E-state index contributed by atoms with van der Waals surface area (Å²) < 4.78 is 29.4. The van der Waals surface area contributed by atoms with Crippen molar-refractivity contribution in [2.75, 3.05) is 0 Å². The summed E-state index contributed by atoms with van der Waals surface area (Å²) in [7, 11) is 0. The van der Waals surface area contributed by atoms with E-state index in [0.717, 1.165) is 24.8 Å². The third kappa shape index (κ3) is 3.50. The third-order valence-electron chi connectivity index (χ3n) is 4.02. The Labute approximate surface area is 133 Å². The number of alkyl halides is 2. The highest BCUT2D eigenvalue weighted by Gasteiger charge is 2.23. The van der Waals surface area contributed by atoms with Gasteiger partial charge in [0.05, 0.1) is 11.6 Å². The van der Waals surface area contributed by atoms with E-state index >= 15 is 0 Å². The largest absolute Gasteiger partial charge is 0.434 e. The van der Waals surface area contributed by atoms with Gasteiger partial charge in [0.2, 0.25) is 0 Å². The number of carbonyl (C=O) groups is 1. The van der Waals surface area contributed by atoms with Crippen LogP contribution < -0.4 is 10.1 Å². The van der Waals surface area contributed by atoms with E-state index in [-0.39, 0.29) is 17.4 Å². The van der Waals surface area contributed by atoms with Crippen molar-refractivity contribution in [2.24, 2.45) is 0 Å². The van der Waals surface area contributed by atoms with Crippen LogP contribution in [0.4, 0.5) is 8.78 Å². The lowest BCUT2D eigenvalue weighted by Gasteiger charge is -2.26. The van der Waals surface area contributed by atoms with Crippen LogP contribution in [0.25, 0.3) is 0 Å². The molecule has 1 amide bonds. The van der Waals surface area contributed by atoms with Gasteiger partial charge in [-0.15, -0.1) is 0 Å². The predicted octanol–water partition coefficient (Wildman–Crippen LogP) is 4.10. The van der Waals surface area contributed by atoms with Crippen LogP contribution in [0.3, 0.4) is 0 Å². The maximum Gasteiger partial charge on any atom is 0.387 e. The highest BCUT2D eigenvalue weighted by molar-refractivity contribution is 5.97. The minimum absolute atomic E-state index is 0.105. The molecule has 3 nitrogen and oxygen atoms in total. The fourth-order valence-electron chi connectivity index (χ4n) is 2.99. The van der Waals surface area contributed by atoms with Gasteiger partial charge in [-0.2, -0.15) is 8.78 Å². The summed E-state index contributed by atoms with van der Waals surface area (Å²) >= 11 is 0. The minimum atomic E-state index is -2.96. The Morgan fingerprint density at radius 3 is 2.70 bits per heavy atom. The molecule has 23 heavy (non-hydrogen) atoms. The van der Waals surface area contributed by atoms with E-state index in [9.17, 15) is 13.6 Å². The van der Waals surface area contributed by atoms with Gasteiger partial charge in [0.15, 0.2) is 0 Å². The molecule has 1 N–H and O–H groups in total. The molecule has 2 aromatic rings. The molecule has 3 rings (SSSR count).